The average molecular weight is 1420 g/mol. The summed E-state index contributed by atoms with van der Waals surface area (Å²) in [6.45, 7) is 13.2. The number of nitrogens with zero attached hydrogens (tertiary/aromatic N) is 6. The number of nitrogens with one attached hydrogen (secondary N) is 4. The number of aromatic nitrogens is 8. The first kappa shape index (κ1) is 64.2. The van der Waals surface area contributed by atoms with Gasteiger partial charge in [-0.05, 0) is 140 Å². The van der Waals surface area contributed by atoms with Gasteiger partial charge >= 0.3 is 63.4 Å². The molecule has 0 unspecified atom stereocenters. The van der Waals surface area contributed by atoms with Gasteiger partial charge in [0.1, 0.15) is 17.0 Å². The number of pyridine rings is 2. The van der Waals surface area contributed by atoms with Gasteiger partial charge in [0.15, 0.2) is 0 Å². The number of anilines is 2. The number of rotatable bonds is 14. The fourth-order valence-corrected chi connectivity index (χ4v) is 12.7. The van der Waals surface area contributed by atoms with Crippen molar-refractivity contribution in [2.45, 2.75) is 80.1 Å². The summed E-state index contributed by atoms with van der Waals surface area (Å²) >= 11 is 2.66. The molecule has 0 saturated heterocycles. The van der Waals surface area contributed by atoms with Gasteiger partial charge in [-0.3, -0.25) is 19.4 Å². The third-order valence-corrected chi connectivity index (χ3v) is 18.0. The summed E-state index contributed by atoms with van der Waals surface area (Å²) < 4.78 is 140. The predicted octanol–water partition coefficient (Wildman–Crippen LogP) is 8.52. The van der Waals surface area contributed by atoms with Gasteiger partial charge < -0.3 is 29.1 Å². The Labute approximate surface area is 497 Å². The first-order chi connectivity index (χ1) is 39.0. The Balaban J connectivity index is 0.000000187. The molecule has 0 bridgehead atoms. The number of H-pyrrole nitrogens is 2. The molecule has 0 aliphatic carbocycles. The monoisotopic (exact) mass is 1420 g/mol. The number of hydrogen-bond acceptors (Lipinski definition) is 14. The van der Waals surface area contributed by atoms with Gasteiger partial charge in [-0.1, -0.05) is 40.1 Å². The molecule has 6 heterocycles. The molecule has 442 valence electrons. The molecule has 0 aliphatic rings. The van der Waals surface area contributed by atoms with E-state index in [2.05, 4.69) is 84.1 Å². The quantitative estimate of drug-likeness (QED) is 0.0258. The van der Waals surface area contributed by atoms with E-state index in [4.69, 9.17) is 9.05 Å². The molecule has 83 heavy (non-hydrogen) atoms. The third-order valence-electron chi connectivity index (χ3n) is 12.5. The van der Waals surface area contributed by atoms with Crippen LogP contribution in [0.15, 0.2) is 94.2 Å². The van der Waals surface area contributed by atoms with E-state index in [0.717, 1.165) is 64.3 Å². The maximum atomic E-state index is 12.6. The number of sulfonamides is 2. The zero-order valence-corrected chi connectivity index (χ0v) is 51.7. The minimum atomic E-state index is -4.60. The van der Waals surface area contributed by atoms with Crippen molar-refractivity contribution in [2.75, 3.05) is 30.3 Å². The van der Waals surface area contributed by atoms with Crippen molar-refractivity contribution in [1.29, 1.82) is 0 Å². The van der Waals surface area contributed by atoms with E-state index in [1.165, 1.54) is 10.8 Å². The molecular formula is C54H56BF6I2N10O8S2-. The zero-order valence-electron chi connectivity index (χ0n) is 45.8. The molecular weight excluding hydrogens is 1360 g/mol. The second-order valence-electron chi connectivity index (χ2n) is 18.9. The molecule has 10 rings (SSSR count). The van der Waals surface area contributed by atoms with E-state index in [1.807, 2.05) is 75.4 Å². The fourth-order valence-electron chi connectivity index (χ4n) is 8.89. The number of fused-ring (bicyclic) bond motifs is 4. The SMILES string of the molecule is CCC[I-]C.Cc1ccc2ncccc2c1-c1cc(-c2c(C)noc2C)cc2[nH]c(NS(=O)(=O)CCC(F)(F)F)nc12.Cc1ccc2ncccc2c1B(O)O.Cc1noc(C)c1-c1cc(I)c2nc(NS(=O)(=O)CCC(F)(F)F)[nH]c2c1. The van der Waals surface area contributed by atoms with Crippen molar-refractivity contribution in [1.82, 2.24) is 40.2 Å². The summed E-state index contributed by atoms with van der Waals surface area (Å²) in [5.74, 6) is -1.26. The molecule has 10 aromatic rings. The molecule has 0 aliphatic heterocycles. The van der Waals surface area contributed by atoms with Gasteiger partial charge in [0, 0.05) is 43.4 Å². The number of hydrogen-bond donors (Lipinski definition) is 6. The second-order valence-corrected chi connectivity index (χ2v) is 26.4. The van der Waals surface area contributed by atoms with Gasteiger partial charge in [0.2, 0.25) is 31.9 Å². The topological polar surface area (TPSA) is 268 Å². The Hall–Kier alpha value is -6.42. The maximum absolute atomic E-state index is 12.6. The van der Waals surface area contributed by atoms with Crippen molar-refractivity contribution in [3.63, 3.8) is 0 Å². The number of benzene rings is 4. The van der Waals surface area contributed by atoms with Crippen molar-refractivity contribution < 1.29 is 83.5 Å². The Kier molecular flexibility index (Phi) is 20.6. The van der Waals surface area contributed by atoms with Crippen molar-refractivity contribution in [3.8, 4) is 33.4 Å². The molecule has 0 amide bonds. The van der Waals surface area contributed by atoms with Crippen LogP contribution in [-0.2, 0) is 20.0 Å². The Morgan fingerprint density at radius 2 is 1.12 bits per heavy atom. The third kappa shape index (κ3) is 16.5. The van der Waals surface area contributed by atoms with Crippen molar-refractivity contribution in [3.05, 3.63) is 123 Å². The molecule has 0 atom stereocenters. The van der Waals surface area contributed by atoms with E-state index in [1.54, 1.807) is 51.4 Å². The molecule has 29 heteroatoms. The van der Waals surface area contributed by atoms with Gasteiger partial charge in [-0.15, -0.1) is 0 Å². The van der Waals surface area contributed by atoms with Crippen LogP contribution in [0.25, 0.3) is 77.3 Å². The molecule has 0 radical (unpaired) electrons. The van der Waals surface area contributed by atoms with E-state index in [0.29, 0.717) is 77.2 Å². The van der Waals surface area contributed by atoms with E-state index in [9.17, 15) is 53.2 Å². The fraction of sp³-hybridized carbons (Fsp3) is 0.296. The van der Waals surface area contributed by atoms with Crippen LogP contribution < -0.4 is 36.1 Å². The molecule has 18 nitrogen and oxygen atoms in total. The zero-order chi connectivity index (χ0) is 60.8. The molecule has 6 aromatic heterocycles. The number of imidazole rings is 2. The maximum Gasteiger partial charge on any atom is 0.489 e. The van der Waals surface area contributed by atoms with Crippen LogP contribution in [0.1, 0.15) is 60.2 Å². The summed E-state index contributed by atoms with van der Waals surface area (Å²) in [7, 11) is -9.93. The number of alkyl halides is 8. The normalized spacial score (nSPS) is 12.0. The second kappa shape index (κ2) is 26.7. The Bertz CT molecular complexity index is 4130. The Morgan fingerprint density at radius 1 is 0.651 bits per heavy atom. The Morgan fingerprint density at radius 3 is 1.58 bits per heavy atom. The van der Waals surface area contributed by atoms with Gasteiger partial charge in [-0.25, -0.2) is 26.8 Å². The van der Waals surface area contributed by atoms with Gasteiger partial charge in [0.05, 0.1) is 63.3 Å². The smallest absolute Gasteiger partial charge is 0.423 e. The van der Waals surface area contributed by atoms with Crippen LogP contribution in [0.2, 0.25) is 0 Å². The number of halogens is 8. The van der Waals surface area contributed by atoms with Crippen LogP contribution >= 0.6 is 22.6 Å². The van der Waals surface area contributed by atoms with Gasteiger partial charge in [-0.2, -0.15) is 26.3 Å². The molecule has 0 spiro atoms. The number of aromatic amines is 2. The van der Waals surface area contributed by atoms with Crippen molar-refractivity contribution in [2.24, 2.45) is 0 Å². The molecule has 0 fully saturated rings. The average Bonchev–Trinajstić information content (AvgIpc) is 3.29. The largest absolute Gasteiger partial charge is 0.489 e. The first-order valence-corrected chi connectivity index (χ1v) is 33.3. The van der Waals surface area contributed by atoms with Crippen LogP contribution in [0.3, 0.4) is 0 Å². The summed E-state index contributed by atoms with van der Waals surface area (Å²) in [6.07, 6.45) is -7.28. The van der Waals surface area contributed by atoms with E-state index >= 15 is 0 Å². The van der Waals surface area contributed by atoms with Crippen LogP contribution in [0.4, 0.5) is 38.2 Å². The van der Waals surface area contributed by atoms with E-state index in [-0.39, 0.29) is 11.9 Å². The van der Waals surface area contributed by atoms with Gasteiger partial charge in [0.25, 0.3) is 0 Å². The van der Waals surface area contributed by atoms with E-state index < -0.39 is 63.9 Å². The summed E-state index contributed by atoms with van der Waals surface area (Å²) in [6, 6.07) is 22.2. The summed E-state index contributed by atoms with van der Waals surface area (Å²) in [5.41, 5.74) is 11.9. The molecule has 0 saturated carbocycles. The summed E-state index contributed by atoms with van der Waals surface area (Å²) in [4.78, 5) is 25.2. The van der Waals surface area contributed by atoms with Crippen molar-refractivity contribution >= 4 is 111 Å². The van der Waals surface area contributed by atoms with Crippen LogP contribution in [0, 0.1) is 45.1 Å². The standard InChI is InChI=1S/C25H22F3N5O3S.C15H14F3IN4O3S.C10H10BNO2.C4H10I/c1-13-6-7-19-17(5-4-9-29-19)21(13)18-11-16(22-14(2)32-36-15(22)3)12-20-23(18)31-24(30-20)33-37(34,35)10-8-25(26,27)28;1-7-12(8(2)26-22-7)9-5-10(19)13-11(6-9)20-14(21-13)23-27(24,25)4-3-15(16,17)18;1-7-4-5-9-8(3-2-6-12-9)10(7)11(13)14;1-3-4-5-2/h4-7,9,11-12H,8,10H2,1-3H3,(H2,30,31,33);5-6H,3-4H2,1-2H3,(H2,20,21,23);2-6,13-14H,1H3;3-4H2,1-2H3/q;;;-1. The minimum Gasteiger partial charge on any atom is -0.423 e. The molecule has 4 aromatic carbocycles. The summed E-state index contributed by atoms with van der Waals surface area (Å²) in [5, 5.41) is 28.1. The predicted molar refractivity (Wildman–Crippen MR) is 314 cm³/mol. The van der Waals surface area contributed by atoms with Crippen LogP contribution in [0.5, 0.6) is 0 Å². The van der Waals surface area contributed by atoms with Crippen LogP contribution in [-0.4, -0.2) is 107 Å². The number of aryl methyl sites for hydroxylation is 6. The minimum absolute atomic E-state index is 0.138. The molecule has 6 N–H and O–H groups in total. The first-order valence-electron chi connectivity index (χ1n) is 25.2.